The van der Waals surface area contributed by atoms with Crippen molar-refractivity contribution in [1.29, 1.82) is 0 Å². The van der Waals surface area contributed by atoms with Gasteiger partial charge in [-0.2, -0.15) is 0 Å². The molecule has 0 aliphatic carbocycles. The molecule has 1 amide bonds. The predicted molar refractivity (Wildman–Crippen MR) is 78.2 cm³/mol. The van der Waals surface area contributed by atoms with Gasteiger partial charge in [-0.1, -0.05) is 48.3 Å². The fraction of sp³-hybridized carbons (Fsp3) is 0.500. The first-order valence-corrected chi connectivity index (χ1v) is 7.78. The van der Waals surface area contributed by atoms with Crippen LogP contribution in [0.2, 0.25) is 5.02 Å². The lowest BCUT2D eigenvalue weighted by molar-refractivity contribution is 0.225. The maximum Gasteiger partial charge on any atom is 0.281 e. The molecule has 0 N–H and O–H groups in total. The number of rotatable bonds is 2. The molecule has 1 aliphatic heterocycles. The zero-order valence-electron chi connectivity index (χ0n) is 10.4. The summed E-state index contributed by atoms with van der Waals surface area (Å²) in [6.07, 6.45) is 4.80. The zero-order valence-corrected chi connectivity index (χ0v) is 12.0. The normalized spacial score (nSPS) is 16.4. The zero-order chi connectivity index (χ0) is 12.8. The van der Waals surface area contributed by atoms with Crippen molar-refractivity contribution >= 4 is 28.6 Å². The Kier molecular flexibility index (Phi) is 5.39. The molecule has 18 heavy (non-hydrogen) atoms. The maximum atomic E-state index is 12.1. The lowest BCUT2D eigenvalue weighted by Gasteiger charge is -2.19. The predicted octanol–water partition coefficient (Wildman–Crippen LogP) is 4.57. The van der Waals surface area contributed by atoms with E-state index in [1.54, 1.807) is 0 Å². The molecule has 1 aromatic carbocycles. The van der Waals surface area contributed by atoms with Crippen molar-refractivity contribution in [1.82, 2.24) is 4.90 Å². The van der Waals surface area contributed by atoms with Crippen LogP contribution < -0.4 is 0 Å². The number of nitrogens with zero attached hydrogens (tertiary/aromatic N) is 1. The van der Waals surface area contributed by atoms with E-state index in [1.165, 1.54) is 24.6 Å². The molecule has 0 bridgehead atoms. The molecule has 2 nitrogen and oxygen atoms in total. The van der Waals surface area contributed by atoms with E-state index in [2.05, 4.69) is 0 Å². The van der Waals surface area contributed by atoms with E-state index in [4.69, 9.17) is 11.6 Å². The molecule has 1 aliphatic rings. The van der Waals surface area contributed by atoms with Crippen LogP contribution in [0.5, 0.6) is 0 Å². The van der Waals surface area contributed by atoms with Crippen LogP contribution in [-0.4, -0.2) is 23.2 Å². The van der Waals surface area contributed by atoms with Crippen LogP contribution in [0.1, 0.15) is 31.2 Å². The third kappa shape index (κ3) is 4.21. The first-order valence-electron chi connectivity index (χ1n) is 6.42. The largest absolute Gasteiger partial charge is 0.334 e. The Labute approximate surface area is 118 Å². The second kappa shape index (κ2) is 7.05. The van der Waals surface area contributed by atoms with Crippen LogP contribution in [0, 0.1) is 0 Å². The molecule has 2 rings (SSSR count). The fourth-order valence-electron chi connectivity index (χ4n) is 2.07. The van der Waals surface area contributed by atoms with E-state index < -0.39 is 0 Å². The van der Waals surface area contributed by atoms with Crippen LogP contribution in [0.15, 0.2) is 24.3 Å². The Morgan fingerprint density at radius 2 is 1.72 bits per heavy atom. The highest BCUT2D eigenvalue weighted by atomic mass is 35.5. The highest BCUT2D eigenvalue weighted by Crippen LogP contribution is 2.20. The average molecular weight is 284 g/mol. The summed E-state index contributed by atoms with van der Waals surface area (Å²) in [4.78, 5) is 14.0. The Bertz CT molecular complexity index is 385. The van der Waals surface area contributed by atoms with Gasteiger partial charge in [0.2, 0.25) is 0 Å². The van der Waals surface area contributed by atoms with Crippen molar-refractivity contribution in [2.75, 3.05) is 13.1 Å². The highest BCUT2D eigenvalue weighted by molar-refractivity contribution is 8.12. The Morgan fingerprint density at radius 1 is 1.11 bits per heavy atom. The standard InChI is InChI=1S/C14H18ClNOS/c15-13-7-5-12(6-8-13)11-18-14(17)16-9-3-1-2-4-10-16/h5-8H,1-4,9-11H2. The summed E-state index contributed by atoms with van der Waals surface area (Å²) in [5.41, 5.74) is 1.15. The molecule has 98 valence electrons. The minimum absolute atomic E-state index is 0.215. The van der Waals surface area contributed by atoms with Crippen LogP contribution in [0.25, 0.3) is 0 Å². The molecule has 0 spiro atoms. The van der Waals surface area contributed by atoms with Gasteiger partial charge in [0.25, 0.3) is 5.24 Å². The van der Waals surface area contributed by atoms with Gasteiger partial charge in [0.05, 0.1) is 0 Å². The van der Waals surface area contributed by atoms with E-state index in [9.17, 15) is 4.79 Å². The van der Waals surface area contributed by atoms with E-state index >= 15 is 0 Å². The SMILES string of the molecule is O=C(SCc1ccc(Cl)cc1)N1CCCCCC1. The van der Waals surface area contributed by atoms with Crippen molar-refractivity contribution in [2.45, 2.75) is 31.4 Å². The van der Waals surface area contributed by atoms with Crippen molar-refractivity contribution in [3.05, 3.63) is 34.9 Å². The summed E-state index contributed by atoms with van der Waals surface area (Å²) in [5, 5.41) is 0.953. The molecule has 0 unspecified atom stereocenters. The summed E-state index contributed by atoms with van der Waals surface area (Å²) in [6.45, 7) is 1.85. The van der Waals surface area contributed by atoms with Crippen LogP contribution in [-0.2, 0) is 5.75 Å². The molecule has 0 radical (unpaired) electrons. The van der Waals surface area contributed by atoms with Gasteiger partial charge in [0.1, 0.15) is 0 Å². The quantitative estimate of drug-likeness (QED) is 0.792. The fourth-order valence-corrected chi connectivity index (χ4v) is 3.04. The summed E-state index contributed by atoms with van der Waals surface area (Å²) in [7, 11) is 0. The van der Waals surface area contributed by atoms with Crippen molar-refractivity contribution < 1.29 is 4.79 Å². The van der Waals surface area contributed by atoms with Crippen molar-refractivity contribution in [3.8, 4) is 0 Å². The monoisotopic (exact) mass is 283 g/mol. The summed E-state index contributed by atoms with van der Waals surface area (Å²) in [5.74, 6) is 0.729. The van der Waals surface area contributed by atoms with Gasteiger partial charge < -0.3 is 4.90 Å². The number of halogens is 1. The molecule has 4 heteroatoms. The molecule has 1 heterocycles. The lowest BCUT2D eigenvalue weighted by Crippen LogP contribution is -2.28. The molecule has 0 atom stereocenters. The molecule has 1 aromatic rings. The van der Waals surface area contributed by atoms with Gasteiger partial charge >= 0.3 is 0 Å². The number of amides is 1. The molecular formula is C14H18ClNOS. The molecule has 1 saturated heterocycles. The average Bonchev–Trinajstić information content (AvgIpc) is 2.66. The Morgan fingerprint density at radius 3 is 2.33 bits per heavy atom. The third-order valence-corrected chi connectivity index (χ3v) is 4.37. The number of benzene rings is 1. The smallest absolute Gasteiger partial charge is 0.281 e. The summed E-state index contributed by atoms with van der Waals surface area (Å²) >= 11 is 7.23. The summed E-state index contributed by atoms with van der Waals surface area (Å²) < 4.78 is 0. The first kappa shape index (κ1) is 13.8. The highest BCUT2D eigenvalue weighted by Gasteiger charge is 2.15. The minimum atomic E-state index is 0.215. The minimum Gasteiger partial charge on any atom is -0.334 e. The van der Waals surface area contributed by atoms with E-state index in [0.29, 0.717) is 0 Å². The van der Waals surface area contributed by atoms with Crippen molar-refractivity contribution in [2.24, 2.45) is 0 Å². The number of hydrogen-bond acceptors (Lipinski definition) is 2. The van der Waals surface area contributed by atoms with Gasteiger partial charge in [-0.15, -0.1) is 0 Å². The Hall–Kier alpha value is -0.670. The Balaban J connectivity index is 1.81. The number of likely N-dealkylation sites (tertiary alicyclic amines) is 1. The van der Waals surface area contributed by atoms with Crippen LogP contribution in [0.3, 0.4) is 0 Å². The van der Waals surface area contributed by atoms with Gasteiger partial charge in [0.15, 0.2) is 0 Å². The van der Waals surface area contributed by atoms with Gasteiger partial charge in [-0.05, 0) is 30.5 Å². The number of carbonyl (C=O) groups is 1. The number of thioether (sulfide) groups is 1. The topological polar surface area (TPSA) is 20.3 Å². The second-order valence-corrected chi connectivity index (χ2v) is 5.95. The molecule has 0 aromatic heterocycles. The maximum absolute atomic E-state index is 12.1. The number of carbonyl (C=O) groups excluding carboxylic acids is 1. The van der Waals surface area contributed by atoms with E-state index in [1.807, 2.05) is 29.2 Å². The second-order valence-electron chi connectivity index (χ2n) is 4.58. The third-order valence-electron chi connectivity index (χ3n) is 3.14. The molecular weight excluding hydrogens is 266 g/mol. The number of hydrogen-bond donors (Lipinski definition) is 0. The van der Waals surface area contributed by atoms with Crippen molar-refractivity contribution in [3.63, 3.8) is 0 Å². The van der Waals surface area contributed by atoms with Gasteiger partial charge in [0, 0.05) is 23.9 Å². The molecule has 0 saturated carbocycles. The van der Waals surface area contributed by atoms with Gasteiger partial charge in [-0.25, -0.2) is 0 Å². The summed E-state index contributed by atoms with van der Waals surface area (Å²) in [6, 6.07) is 7.69. The van der Waals surface area contributed by atoms with Crippen LogP contribution in [0.4, 0.5) is 4.79 Å². The lowest BCUT2D eigenvalue weighted by atomic mass is 10.2. The van der Waals surface area contributed by atoms with Crippen LogP contribution >= 0.6 is 23.4 Å². The van der Waals surface area contributed by atoms with Gasteiger partial charge in [-0.3, -0.25) is 4.79 Å². The molecule has 1 fully saturated rings. The van der Waals surface area contributed by atoms with E-state index in [0.717, 1.165) is 42.3 Å². The van der Waals surface area contributed by atoms with E-state index in [-0.39, 0.29) is 5.24 Å². The first-order chi connectivity index (χ1) is 8.75.